The van der Waals surface area contributed by atoms with E-state index < -0.39 is 11.9 Å². The molecule has 0 saturated heterocycles. The van der Waals surface area contributed by atoms with E-state index in [1.165, 1.54) is 13.0 Å². The number of halogens is 1. The third-order valence-electron chi connectivity index (χ3n) is 3.10. The molecule has 1 aliphatic heterocycles. The molecule has 2 aromatic rings. The largest absolute Gasteiger partial charge is 0.386 e. The van der Waals surface area contributed by atoms with E-state index in [9.17, 15) is 14.4 Å². The summed E-state index contributed by atoms with van der Waals surface area (Å²) >= 11 is 6.11. The SMILES string of the molecule is CC(=O)c1cc(Cl)c2cccc3c2c1C(=O)OC3=O. The number of benzene rings is 2. The van der Waals surface area contributed by atoms with Gasteiger partial charge < -0.3 is 4.74 Å². The smallest absolute Gasteiger partial charge is 0.347 e. The molecule has 0 bridgehead atoms. The summed E-state index contributed by atoms with van der Waals surface area (Å²) in [6, 6.07) is 6.32. The number of cyclic esters (lactones) is 2. The Bertz CT molecular complexity index is 777. The van der Waals surface area contributed by atoms with E-state index in [-0.39, 0.29) is 22.5 Å². The van der Waals surface area contributed by atoms with Gasteiger partial charge in [-0.2, -0.15) is 0 Å². The van der Waals surface area contributed by atoms with Gasteiger partial charge in [-0.15, -0.1) is 0 Å². The summed E-state index contributed by atoms with van der Waals surface area (Å²) in [5, 5.41) is 1.28. The van der Waals surface area contributed by atoms with Crippen molar-refractivity contribution in [3.8, 4) is 0 Å². The molecule has 1 heterocycles. The van der Waals surface area contributed by atoms with Gasteiger partial charge in [0, 0.05) is 21.4 Å². The minimum absolute atomic E-state index is 0.113. The molecule has 19 heavy (non-hydrogen) atoms. The van der Waals surface area contributed by atoms with Crippen molar-refractivity contribution in [2.75, 3.05) is 0 Å². The van der Waals surface area contributed by atoms with Gasteiger partial charge in [0.2, 0.25) is 0 Å². The second kappa shape index (κ2) is 3.90. The standard InChI is InChI=1S/C14H7ClO4/c1-6(16)9-5-10(15)7-3-2-4-8-11(7)12(9)14(18)19-13(8)17/h2-5H,1H3. The third kappa shape index (κ3) is 1.57. The molecule has 0 unspecified atom stereocenters. The lowest BCUT2D eigenvalue weighted by atomic mass is 9.92. The Morgan fingerprint density at radius 3 is 2.63 bits per heavy atom. The maximum Gasteiger partial charge on any atom is 0.347 e. The van der Waals surface area contributed by atoms with Gasteiger partial charge in [-0.05, 0) is 19.1 Å². The van der Waals surface area contributed by atoms with Crippen molar-refractivity contribution in [3.05, 3.63) is 46.0 Å². The second-order valence-corrected chi connectivity index (χ2v) is 4.65. The van der Waals surface area contributed by atoms with Gasteiger partial charge in [0.15, 0.2) is 5.78 Å². The fourth-order valence-corrected chi connectivity index (χ4v) is 2.55. The highest BCUT2D eigenvalue weighted by Gasteiger charge is 2.31. The van der Waals surface area contributed by atoms with Crippen LogP contribution in [0.15, 0.2) is 24.3 Å². The number of carbonyl (C=O) groups is 3. The van der Waals surface area contributed by atoms with Gasteiger partial charge in [-0.3, -0.25) is 4.79 Å². The van der Waals surface area contributed by atoms with Crippen LogP contribution in [0.2, 0.25) is 5.02 Å². The average molecular weight is 275 g/mol. The Morgan fingerprint density at radius 1 is 1.21 bits per heavy atom. The van der Waals surface area contributed by atoms with Gasteiger partial charge in [0.1, 0.15) is 0 Å². The molecule has 0 radical (unpaired) electrons. The molecule has 94 valence electrons. The van der Waals surface area contributed by atoms with Crippen molar-refractivity contribution in [2.45, 2.75) is 6.92 Å². The Morgan fingerprint density at radius 2 is 1.95 bits per heavy atom. The van der Waals surface area contributed by atoms with Crippen LogP contribution in [-0.4, -0.2) is 17.7 Å². The van der Waals surface area contributed by atoms with E-state index in [0.29, 0.717) is 15.8 Å². The number of ether oxygens (including phenoxy) is 1. The average Bonchev–Trinajstić information content (AvgIpc) is 2.36. The van der Waals surface area contributed by atoms with Crippen molar-refractivity contribution in [3.63, 3.8) is 0 Å². The Balaban J connectivity index is 2.60. The molecule has 5 heteroatoms. The van der Waals surface area contributed by atoms with E-state index in [1.807, 2.05) is 0 Å². The van der Waals surface area contributed by atoms with Crippen LogP contribution in [0.5, 0.6) is 0 Å². The van der Waals surface area contributed by atoms with Gasteiger partial charge in [-0.1, -0.05) is 23.7 Å². The molecule has 0 amide bonds. The van der Waals surface area contributed by atoms with Crippen molar-refractivity contribution in [1.29, 1.82) is 0 Å². The molecule has 0 aromatic heterocycles. The lowest BCUT2D eigenvalue weighted by molar-refractivity contribution is 0.0389. The number of hydrogen-bond donors (Lipinski definition) is 0. The van der Waals surface area contributed by atoms with Crippen LogP contribution in [0.25, 0.3) is 10.8 Å². The van der Waals surface area contributed by atoms with Gasteiger partial charge in [-0.25, -0.2) is 9.59 Å². The van der Waals surface area contributed by atoms with E-state index in [2.05, 4.69) is 4.74 Å². The van der Waals surface area contributed by atoms with E-state index in [0.717, 1.165) is 0 Å². The van der Waals surface area contributed by atoms with Crippen molar-refractivity contribution in [1.82, 2.24) is 0 Å². The predicted octanol–water partition coefficient (Wildman–Crippen LogP) is 3.01. The molecule has 3 rings (SSSR count). The number of ketones is 1. The number of esters is 2. The summed E-state index contributed by atoms with van der Waals surface area (Å²) in [5.74, 6) is -1.84. The molecule has 0 saturated carbocycles. The molecule has 0 spiro atoms. The monoisotopic (exact) mass is 274 g/mol. The van der Waals surface area contributed by atoms with Crippen LogP contribution < -0.4 is 0 Å². The fourth-order valence-electron chi connectivity index (χ4n) is 2.28. The first-order chi connectivity index (χ1) is 9.00. The van der Waals surface area contributed by atoms with E-state index >= 15 is 0 Å². The molecular weight excluding hydrogens is 268 g/mol. The first-order valence-corrected chi connectivity index (χ1v) is 5.91. The zero-order valence-electron chi connectivity index (χ0n) is 9.82. The zero-order valence-corrected chi connectivity index (χ0v) is 10.6. The maximum atomic E-state index is 11.9. The van der Waals surface area contributed by atoms with Crippen LogP contribution in [0.3, 0.4) is 0 Å². The molecular formula is C14H7ClO4. The third-order valence-corrected chi connectivity index (χ3v) is 3.41. The number of rotatable bonds is 1. The van der Waals surface area contributed by atoms with Crippen LogP contribution in [0, 0.1) is 0 Å². The number of Topliss-reactive ketones (excluding diaryl/α,β-unsaturated/α-hetero) is 1. The lowest BCUT2D eigenvalue weighted by Crippen LogP contribution is -2.22. The first-order valence-electron chi connectivity index (χ1n) is 5.53. The fraction of sp³-hybridized carbons (Fsp3) is 0.0714. The van der Waals surface area contributed by atoms with Crippen LogP contribution in [-0.2, 0) is 4.74 Å². The molecule has 0 atom stereocenters. The minimum atomic E-state index is -0.810. The van der Waals surface area contributed by atoms with Crippen LogP contribution in [0.4, 0.5) is 0 Å². The summed E-state index contributed by atoms with van der Waals surface area (Å²) in [5.41, 5.74) is 0.529. The van der Waals surface area contributed by atoms with Crippen molar-refractivity contribution < 1.29 is 19.1 Å². The molecule has 0 fully saturated rings. The second-order valence-electron chi connectivity index (χ2n) is 4.24. The van der Waals surface area contributed by atoms with Crippen molar-refractivity contribution >= 4 is 40.1 Å². The highest BCUT2D eigenvalue weighted by molar-refractivity contribution is 6.38. The van der Waals surface area contributed by atoms with Crippen LogP contribution >= 0.6 is 11.6 Å². The maximum absolute atomic E-state index is 11.9. The Hall–Kier alpha value is -2.20. The summed E-state index contributed by atoms with van der Waals surface area (Å²) in [6.07, 6.45) is 0. The quantitative estimate of drug-likeness (QED) is 0.456. The predicted molar refractivity (Wildman–Crippen MR) is 68.7 cm³/mol. The molecule has 0 N–H and O–H groups in total. The summed E-state index contributed by atoms with van der Waals surface area (Å²) in [7, 11) is 0. The Kier molecular flexibility index (Phi) is 2.43. The van der Waals surface area contributed by atoms with E-state index in [1.54, 1.807) is 18.2 Å². The van der Waals surface area contributed by atoms with E-state index in [4.69, 9.17) is 11.6 Å². The number of carbonyl (C=O) groups excluding carboxylic acids is 3. The highest BCUT2D eigenvalue weighted by Crippen LogP contribution is 2.35. The normalized spacial score (nSPS) is 13.6. The van der Waals surface area contributed by atoms with Gasteiger partial charge >= 0.3 is 11.9 Å². The van der Waals surface area contributed by atoms with Gasteiger partial charge in [0.25, 0.3) is 0 Å². The molecule has 1 aliphatic rings. The van der Waals surface area contributed by atoms with Crippen molar-refractivity contribution in [2.24, 2.45) is 0 Å². The minimum Gasteiger partial charge on any atom is -0.386 e. The lowest BCUT2D eigenvalue weighted by Gasteiger charge is -2.18. The summed E-state index contributed by atoms with van der Waals surface area (Å²) < 4.78 is 4.66. The highest BCUT2D eigenvalue weighted by atomic mass is 35.5. The summed E-state index contributed by atoms with van der Waals surface area (Å²) in [6.45, 7) is 1.33. The van der Waals surface area contributed by atoms with Crippen LogP contribution in [0.1, 0.15) is 38.0 Å². The number of hydrogen-bond acceptors (Lipinski definition) is 4. The molecule has 4 nitrogen and oxygen atoms in total. The molecule has 0 aliphatic carbocycles. The Labute approximate surface area is 112 Å². The van der Waals surface area contributed by atoms with Gasteiger partial charge in [0.05, 0.1) is 11.1 Å². The zero-order chi connectivity index (χ0) is 13.7. The first kappa shape index (κ1) is 11.9. The topological polar surface area (TPSA) is 60.4 Å². The molecule has 2 aromatic carbocycles. The summed E-state index contributed by atoms with van der Waals surface area (Å²) in [4.78, 5) is 35.2.